The average Bonchev–Trinajstić information content (AvgIpc) is 2.50. The fourth-order valence-electron chi connectivity index (χ4n) is 1.77. The lowest BCUT2D eigenvalue weighted by molar-refractivity contribution is 0.0491. The van der Waals surface area contributed by atoms with Gasteiger partial charge in [0.25, 0.3) is 0 Å². The molecule has 0 bridgehead atoms. The predicted octanol–water partition coefficient (Wildman–Crippen LogP) is 3.32. The molecule has 20 heavy (non-hydrogen) atoms. The van der Waals surface area contributed by atoms with Crippen LogP contribution in [0.2, 0.25) is 0 Å². The van der Waals surface area contributed by atoms with E-state index in [2.05, 4.69) is 6.58 Å². The van der Waals surface area contributed by atoms with Gasteiger partial charge in [0, 0.05) is 18.6 Å². The molecule has 0 aliphatic rings. The van der Waals surface area contributed by atoms with Crippen LogP contribution >= 0.6 is 0 Å². The molecule has 0 saturated carbocycles. The molecule has 0 amide bonds. The number of ether oxygens (including phenoxy) is 3. The number of ketones is 1. The second-order valence-corrected chi connectivity index (χ2v) is 4.66. The van der Waals surface area contributed by atoms with E-state index < -0.39 is 0 Å². The van der Waals surface area contributed by atoms with Crippen LogP contribution in [-0.2, 0) is 4.74 Å². The van der Waals surface area contributed by atoms with Crippen LogP contribution in [0.15, 0.2) is 30.9 Å². The van der Waals surface area contributed by atoms with Gasteiger partial charge in [0.1, 0.15) is 0 Å². The van der Waals surface area contributed by atoms with Gasteiger partial charge in [-0.15, -0.1) is 6.58 Å². The van der Waals surface area contributed by atoms with E-state index in [0.29, 0.717) is 17.1 Å². The SMILES string of the molecule is C=C[C@H](C)[C@@H](C)C(=O)c1ccc(OCOC)c(OC)c1. The van der Waals surface area contributed by atoms with E-state index >= 15 is 0 Å². The first-order valence-corrected chi connectivity index (χ1v) is 6.51. The first-order valence-electron chi connectivity index (χ1n) is 6.51. The van der Waals surface area contributed by atoms with Crippen molar-refractivity contribution in [1.29, 1.82) is 0 Å². The Morgan fingerprint density at radius 3 is 2.55 bits per heavy atom. The lowest BCUT2D eigenvalue weighted by Gasteiger charge is -2.16. The van der Waals surface area contributed by atoms with Crippen molar-refractivity contribution in [1.82, 2.24) is 0 Å². The highest BCUT2D eigenvalue weighted by molar-refractivity contribution is 5.98. The Labute approximate surface area is 120 Å². The zero-order valence-corrected chi connectivity index (χ0v) is 12.5. The summed E-state index contributed by atoms with van der Waals surface area (Å²) < 4.78 is 15.5. The van der Waals surface area contributed by atoms with Crippen molar-refractivity contribution in [3.63, 3.8) is 0 Å². The van der Waals surface area contributed by atoms with Crippen LogP contribution in [0.5, 0.6) is 11.5 Å². The van der Waals surface area contributed by atoms with E-state index in [1.54, 1.807) is 38.5 Å². The van der Waals surface area contributed by atoms with Crippen LogP contribution in [0.3, 0.4) is 0 Å². The second kappa shape index (κ2) is 7.70. The van der Waals surface area contributed by atoms with Gasteiger partial charge >= 0.3 is 0 Å². The van der Waals surface area contributed by atoms with Crippen LogP contribution < -0.4 is 9.47 Å². The third kappa shape index (κ3) is 3.84. The molecule has 0 spiro atoms. The van der Waals surface area contributed by atoms with E-state index in [4.69, 9.17) is 14.2 Å². The monoisotopic (exact) mass is 278 g/mol. The molecule has 0 fully saturated rings. The highest BCUT2D eigenvalue weighted by atomic mass is 16.7. The van der Waals surface area contributed by atoms with Gasteiger partial charge in [-0.1, -0.05) is 19.9 Å². The van der Waals surface area contributed by atoms with E-state index in [1.807, 2.05) is 13.8 Å². The summed E-state index contributed by atoms with van der Waals surface area (Å²) in [5.41, 5.74) is 0.604. The maximum atomic E-state index is 12.4. The van der Waals surface area contributed by atoms with Gasteiger partial charge in [-0.25, -0.2) is 0 Å². The molecule has 0 saturated heterocycles. The van der Waals surface area contributed by atoms with E-state index in [1.165, 1.54) is 0 Å². The number of hydrogen-bond donors (Lipinski definition) is 0. The molecule has 1 aromatic carbocycles. The zero-order chi connectivity index (χ0) is 15.1. The number of allylic oxidation sites excluding steroid dienone is 1. The third-order valence-corrected chi connectivity index (χ3v) is 3.35. The minimum Gasteiger partial charge on any atom is -0.493 e. The van der Waals surface area contributed by atoms with Crippen molar-refractivity contribution in [3.05, 3.63) is 36.4 Å². The lowest BCUT2D eigenvalue weighted by Crippen LogP contribution is -2.17. The number of hydrogen-bond acceptors (Lipinski definition) is 4. The summed E-state index contributed by atoms with van der Waals surface area (Å²) in [5, 5.41) is 0. The van der Waals surface area contributed by atoms with Gasteiger partial charge in [0.2, 0.25) is 0 Å². The minimum atomic E-state index is -0.122. The first kappa shape index (κ1) is 16.2. The topological polar surface area (TPSA) is 44.8 Å². The minimum absolute atomic E-state index is 0.0639. The lowest BCUT2D eigenvalue weighted by atomic mass is 9.88. The largest absolute Gasteiger partial charge is 0.493 e. The summed E-state index contributed by atoms with van der Waals surface area (Å²) in [5.74, 6) is 1.14. The van der Waals surface area contributed by atoms with Crippen molar-refractivity contribution in [2.45, 2.75) is 13.8 Å². The highest BCUT2D eigenvalue weighted by Crippen LogP contribution is 2.30. The molecule has 0 aliphatic heterocycles. The molecule has 2 atom stereocenters. The molecule has 4 heteroatoms. The maximum absolute atomic E-state index is 12.4. The van der Waals surface area contributed by atoms with Crippen molar-refractivity contribution < 1.29 is 19.0 Å². The summed E-state index contributed by atoms with van der Waals surface area (Å²) in [6, 6.07) is 5.15. The molecule has 0 N–H and O–H groups in total. The van der Waals surface area contributed by atoms with E-state index in [0.717, 1.165) is 0 Å². The first-order chi connectivity index (χ1) is 9.54. The van der Waals surface area contributed by atoms with Crippen LogP contribution in [0, 0.1) is 11.8 Å². The van der Waals surface area contributed by atoms with Crippen LogP contribution in [0.4, 0.5) is 0 Å². The van der Waals surface area contributed by atoms with Crippen LogP contribution in [0.1, 0.15) is 24.2 Å². The van der Waals surface area contributed by atoms with Crippen molar-refractivity contribution in [3.8, 4) is 11.5 Å². The fourth-order valence-corrected chi connectivity index (χ4v) is 1.77. The summed E-state index contributed by atoms with van der Waals surface area (Å²) in [6.07, 6.45) is 1.79. The molecule has 0 radical (unpaired) electrons. The molecule has 0 heterocycles. The number of Topliss-reactive ketones (excluding diaryl/α,β-unsaturated/α-hetero) is 1. The van der Waals surface area contributed by atoms with E-state index in [-0.39, 0.29) is 24.4 Å². The summed E-state index contributed by atoms with van der Waals surface area (Å²) in [7, 11) is 3.09. The number of rotatable bonds is 8. The average molecular weight is 278 g/mol. The molecule has 1 rings (SSSR count). The number of carbonyl (C=O) groups is 1. The quantitative estimate of drug-likeness (QED) is 0.416. The van der Waals surface area contributed by atoms with Gasteiger partial charge < -0.3 is 14.2 Å². The molecule has 110 valence electrons. The van der Waals surface area contributed by atoms with Crippen LogP contribution in [0.25, 0.3) is 0 Å². The van der Waals surface area contributed by atoms with E-state index in [9.17, 15) is 4.79 Å². The molecule has 1 aromatic rings. The second-order valence-electron chi connectivity index (χ2n) is 4.66. The summed E-state index contributed by atoms with van der Waals surface area (Å²) in [6.45, 7) is 7.74. The molecule has 4 nitrogen and oxygen atoms in total. The van der Waals surface area contributed by atoms with Crippen molar-refractivity contribution >= 4 is 5.78 Å². The highest BCUT2D eigenvalue weighted by Gasteiger charge is 2.20. The molecule has 0 unspecified atom stereocenters. The molecular formula is C16H22O4. The van der Waals surface area contributed by atoms with Crippen LogP contribution in [-0.4, -0.2) is 26.8 Å². The number of methoxy groups -OCH3 is 2. The molecule has 0 aromatic heterocycles. The number of benzene rings is 1. The third-order valence-electron chi connectivity index (χ3n) is 3.35. The van der Waals surface area contributed by atoms with Gasteiger partial charge in [-0.05, 0) is 24.1 Å². The Morgan fingerprint density at radius 1 is 1.30 bits per heavy atom. The smallest absolute Gasteiger partial charge is 0.188 e. The van der Waals surface area contributed by atoms with Gasteiger partial charge in [-0.2, -0.15) is 0 Å². The normalized spacial score (nSPS) is 13.4. The Morgan fingerprint density at radius 2 is 2.00 bits per heavy atom. The van der Waals surface area contributed by atoms with Gasteiger partial charge in [0.15, 0.2) is 24.1 Å². The predicted molar refractivity (Wildman–Crippen MR) is 78.4 cm³/mol. The Balaban J connectivity index is 2.97. The standard InChI is InChI=1S/C16H22O4/c1-6-11(2)12(3)16(17)13-7-8-14(20-10-18-4)15(9-13)19-5/h6-9,11-12H,1,10H2,2-5H3/t11-,12+/m0/s1. The summed E-state index contributed by atoms with van der Waals surface area (Å²) in [4.78, 5) is 12.4. The summed E-state index contributed by atoms with van der Waals surface area (Å²) >= 11 is 0. The molecule has 0 aliphatic carbocycles. The Kier molecular flexibility index (Phi) is 6.25. The van der Waals surface area contributed by atoms with Crippen molar-refractivity contribution in [2.24, 2.45) is 11.8 Å². The van der Waals surface area contributed by atoms with Gasteiger partial charge in [0.05, 0.1) is 7.11 Å². The Bertz CT molecular complexity index is 468. The molecular weight excluding hydrogens is 256 g/mol. The van der Waals surface area contributed by atoms with Gasteiger partial charge in [-0.3, -0.25) is 4.79 Å². The maximum Gasteiger partial charge on any atom is 0.188 e. The fraction of sp³-hybridized carbons (Fsp3) is 0.438. The zero-order valence-electron chi connectivity index (χ0n) is 12.5. The van der Waals surface area contributed by atoms with Crippen molar-refractivity contribution in [2.75, 3.05) is 21.0 Å². The Hall–Kier alpha value is -1.81. The number of carbonyl (C=O) groups excluding carboxylic acids is 1.